The van der Waals surface area contributed by atoms with Crippen LogP contribution < -0.4 is 14.8 Å². The number of halogens is 2. The normalized spacial score (nSPS) is 16.7. The Balaban J connectivity index is 1.30. The second-order valence-corrected chi connectivity index (χ2v) is 9.81. The van der Waals surface area contributed by atoms with Gasteiger partial charge in [0.25, 0.3) is 0 Å². The molecule has 1 aromatic carbocycles. The first-order chi connectivity index (χ1) is 18.9. The number of aromatic nitrogens is 3. The van der Waals surface area contributed by atoms with Crippen LogP contribution in [0.5, 0.6) is 11.6 Å². The van der Waals surface area contributed by atoms with E-state index < -0.39 is 18.7 Å². The van der Waals surface area contributed by atoms with E-state index in [1.54, 1.807) is 31.3 Å². The van der Waals surface area contributed by atoms with Gasteiger partial charge in [0.1, 0.15) is 17.2 Å². The lowest BCUT2D eigenvalue weighted by molar-refractivity contribution is -0.116. The monoisotopic (exact) mass is 556 g/mol. The van der Waals surface area contributed by atoms with Crippen molar-refractivity contribution >= 4 is 40.4 Å². The Bertz CT molecular complexity index is 1610. The van der Waals surface area contributed by atoms with Gasteiger partial charge in [-0.2, -0.15) is 8.78 Å². The van der Waals surface area contributed by atoms with Crippen LogP contribution in [0.2, 0.25) is 0 Å². The first kappa shape index (κ1) is 25.0. The Hall–Kier alpha value is -4.26. The SMILES string of the molecule is CCOC(=O)Oc1[nH]cc2c1NC1=C(C(=O)CCC1)C2c1ccc(Sc2nc3ccc(OC(F)F)cc3[nH]2)o1. The number of Topliss-reactive ketones (excluding diaryl/α,β-unsaturated/α-hetero) is 1. The number of nitrogens with zero attached hydrogens (tertiary/aromatic N) is 1. The predicted molar refractivity (Wildman–Crippen MR) is 135 cm³/mol. The number of carbonyl (C=O) groups is 2. The molecule has 6 rings (SSSR count). The Labute approximate surface area is 224 Å². The number of fused-ring (bicyclic) bond motifs is 2. The van der Waals surface area contributed by atoms with Gasteiger partial charge in [-0.25, -0.2) is 9.78 Å². The number of ether oxygens (including phenoxy) is 3. The third-order valence-electron chi connectivity index (χ3n) is 6.39. The zero-order chi connectivity index (χ0) is 27.1. The van der Waals surface area contributed by atoms with Crippen LogP contribution in [0.3, 0.4) is 0 Å². The fourth-order valence-corrected chi connectivity index (χ4v) is 5.62. The summed E-state index contributed by atoms with van der Waals surface area (Å²) in [6.45, 7) is -1.07. The van der Waals surface area contributed by atoms with E-state index in [-0.39, 0.29) is 24.0 Å². The number of nitrogens with one attached hydrogen (secondary N) is 3. The fourth-order valence-electron chi connectivity index (χ4n) is 4.85. The lowest BCUT2D eigenvalue weighted by Crippen LogP contribution is -2.26. The molecule has 13 heteroatoms. The lowest BCUT2D eigenvalue weighted by Gasteiger charge is -2.31. The van der Waals surface area contributed by atoms with E-state index in [2.05, 4.69) is 25.0 Å². The van der Waals surface area contributed by atoms with Crippen molar-refractivity contribution in [1.29, 1.82) is 0 Å². The highest BCUT2D eigenvalue weighted by Crippen LogP contribution is 2.49. The second kappa shape index (κ2) is 10.1. The molecule has 0 saturated heterocycles. The van der Waals surface area contributed by atoms with E-state index in [1.807, 2.05) is 0 Å². The minimum Gasteiger partial charge on any atom is -0.453 e. The Morgan fingerprint density at radius 3 is 2.95 bits per heavy atom. The molecule has 3 N–H and O–H groups in total. The minimum absolute atomic E-state index is 0.0261. The number of aromatic amines is 2. The standard InChI is InChI=1S/C26H22F2N4O6S/c1-2-35-26(34)38-23-22-13(11-29-23)20(21-15(30-22)4-3-5-17(21)33)18-8-9-19(37-18)39-25-31-14-7-6-12(36-24(27)28)10-16(14)32-25/h6-11,20,24,29-30H,2-5H2,1H3,(H,31,32). The molecule has 2 aliphatic rings. The molecule has 0 spiro atoms. The van der Waals surface area contributed by atoms with Crippen LogP contribution in [0.25, 0.3) is 11.0 Å². The number of imidazole rings is 1. The number of allylic oxidation sites excluding steroid dienone is 2. The largest absolute Gasteiger partial charge is 0.515 e. The summed E-state index contributed by atoms with van der Waals surface area (Å²) in [5.74, 6) is 0.265. The van der Waals surface area contributed by atoms with Crippen molar-refractivity contribution in [3.05, 3.63) is 59.1 Å². The van der Waals surface area contributed by atoms with Crippen molar-refractivity contribution in [1.82, 2.24) is 15.0 Å². The summed E-state index contributed by atoms with van der Waals surface area (Å²) in [5.41, 5.74) is 3.75. The topological polar surface area (TPSA) is 131 Å². The molecule has 4 heterocycles. The molecule has 3 aromatic heterocycles. The molecule has 1 aliphatic carbocycles. The van der Waals surface area contributed by atoms with Crippen molar-refractivity contribution in [2.24, 2.45) is 0 Å². The summed E-state index contributed by atoms with van der Waals surface area (Å²) in [6.07, 6.45) is 2.65. The van der Waals surface area contributed by atoms with Crippen LogP contribution in [0, 0.1) is 0 Å². The van der Waals surface area contributed by atoms with E-state index in [0.717, 1.165) is 5.70 Å². The number of benzene rings is 1. The van der Waals surface area contributed by atoms with E-state index in [9.17, 15) is 18.4 Å². The average molecular weight is 557 g/mol. The molecule has 0 radical (unpaired) electrons. The molecule has 4 aromatic rings. The van der Waals surface area contributed by atoms with Gasteiger partial charge in [-0.15, -0.1) is 0 Å². The Kier molecular flexibility index (Phi) is 6.51. The van der Waals surface area contributed by atoms with Crippen LogP contribution in [0.1, 0.15) is 43.4 Å². The van der Waals surface area contributed by atoms with Crippen molar-refractivity contribution in [3.63, 3.8) is 0 Å². The number of anilines is 1. The van der Waals surface area contributed by atoms with Crippen LogP contribution >= 0.6 is 11.8 Å². The van der Waals surface area contributed by atoms with Gasteiger partial charge in [-0.05, 0) is 55.8 Å². The lowest BCUT2D eigenvalue weighted by atomic mass is 9.79. The molecule has 202 valence electrons. The van der Waals surface area contributed by atoms with Gasteiger partial charge >= 0.3 is 12.8 Å². The molecule has 0 saturated carbocycles. The second-order valence-electron chi connectivity index (χ2n) is 8.82. The Morgan fingerprint density at radius 1 is 1.26 bits per heavy atom. The van der Waals surface area contributed by atoms with Crippen molar-refractivity contribution in [2.75, 3.05) is 11.9 Å². The fraction of sp³-hybridized carbons (Fsp3) is 0.269. The van der Waals surface area contributed by atoms with Crippen molar-refractivity contribution in [2.45, 2.75) is 49.0 Å². The number of ketones is 1. The number of H-pyrrole nitrogens is 2. The smallest absolute Gasteiger partial charge is 0.453 e. The molecule has 10 nitrogen and oxygen atoms in total. The zero-order valence-electron chi connectivity index (χ0n) is 20.5. The zero-order valence-corrected chi connectivity index (χ0v) is 21.3. The molecule has 0 fully saturated rings. The number of rotatable bonds is 7. The minimum atomic E-state index is -2.92. The number of hydrogen-bond donors (Lipinski definition) is 3. The average Bonchev–Trinajstić information content (AvgIpc) is 3.62. The molecular weight excluding hydrogens is 534 g/mol. The molecule has 39 heavy (non-hydrogen) atoms. The van der Waals surface area contributed by atoms with Gasteiger partial charge in [-0.3, -0.25) is 4.79 Å². The van der Waals surface area contributed by atoms with Gasteiger partial charge in [-0.1, -0.05) is 0 Å². The van der Waals surface area contributed by atoms with E-state index in [4.69, 9.17) is 13.9 Å². The first-order valence-corrected chi connectivity index (χ1v) is 13.0. The molecular formula is C26H22F2N4O6S. The highest BCUT2D eigenvalue weighted by Gasteiger charge is 2.39. The summed E-state index contributed by atoms with van der Waals surface area (Å²) < 4.78 is 46.0. The summed E-state index contributed by atoms with van der Waals surface area (Å²) in [5, 5.41) is 4.28. The summed E-state index contributed by atoms with van der Waals surface area (Å²) in [4.78, 5) is 35.5. The van der Waals surface area contributed by atoms with Crippen molar-refractivity contribution in [3.8, 4) is 11.6 Å². The summed E-state index contributed by atoms with van der Waals surface area (Å²) in [6, 6.07) is 8.03. The number of alkyl halides is 2. The number of carbonyl (C=O) groups excluding carboxylic acids is 2. The summed E-state index contributed by atoms with van der Waals surface area (Å²) >= 11 is 1.22. The van der Waals surface area contributed by atoms with E-state index in [1.165, 1.54) is 23.9 Å². The van der Waals surface area contributed by atoms with Crippen molar-refractivity contribution < 1.29 is 37.0 Å². The maximum absolute atomic E-state index is 13.1. The van der Waals surface area contributed by atoms with Gasteiger partial charge in [0, 0.05) is 35.5 Å². The van der Waals surface area contributed by atoms with Gasteiger partial charge in [0.2, 0.25) is 5.88 Å². The predicted octanol–water partition coefficient (Wildman–Crippen LogP) is 6.34. The van der Waals surface area contributed by atoms with E-state index >= 15 is 0 Å². The van der Waals surface area contributed by atoms with Crippen LogP contribution in [-0.2, 0) is 9.53 Å². The third-order valence-corrected chi connectivity index (χ3v) is 7.20. The maximum Gasteiger partial charge on any atom is 0.515 e. The highest BCUT2D eigenvalue weighted by atomic mass is 32.2. The third kappa shape index (κ3) is 4.85. The first-order valence-electron chi connectivity index (χ1n) is 12.2. The maximum atomic E-state index is 13.1. The van der Waals surface area contributed by atoms with Gasteiger partial charge in [0.05, 0.1) is 23.6 Å². The Morgan fingerprint density at radius 2 is 2.13 bits per heavy atom. The van der Waals surface area contributed by atoms with Gasteiger partial charge < -0.3 is 33.9 Å². The number of furan rings is 1. The molecule has 1 atom stereocenters. The number of hydrogen-bond acceptors (Lipinski definition) is 9. The van der Waals surface area contributed by atoms with Crippen LogP contribution in [0.15, 0.2) is 62.5 Å². The van der Waals surface area contributed by atoms with Crippen LogP contribution in [-0.4, -0.2) is 40.1 Å². The molecule has 1 unspecified atom stereocenters. The quantitative estimate of drug-likeness (QED) is 0.223. The van der Waals surface area contributed by atoms with Gasteiger partial charge in [0.15, 0.2) is 16.0 Å². The molecule has 0 amide bonds. The van der Waals surface area contributed by atoms with Crippen LogP contribution in [0.4, 0.5) is 19.3 Å². The summed E-state index contributed by atoms with van der Waals surface area (Å²) in [7, 11) is 0. The van der Waals surface area contributed by atoms with E-state index in [0.29, 0.717) is 63.1 Å². The molecule has 0 bridgehead atoms. The highest BCUT2D eigenvalue weighted by molar-refractivity contribution is 7.99. The molecule has 1 aliphatic heterocycles.